The SMILES string of the molecule is COCCN(Cc1sccc1C)C(=O)CCn1cncn1. The van der Waals surface area contributed by atoms with E-state index in [9.17, 15) is 4.79 Å². The highest BCUT2D eigenvalue weighted by molar-refractivity contribution is 7.10. The van der Waals surface area contributed by atoms with Crippen LogP contribution in [-0.4, -0.2) is 45.8 Å². The van der Waals surface area contributed by atoms with Gasteiger partial charge in [-0.15, -0.1) is 11.3 Å². The van der Waals surface area contributed by atoms with Gasteiger partial charge in [0.1, 0.15) is 12.7 Å². The van der Waals surface area contributed by atoms with Crippen molar-refractivity contribution in [2.45, 2.75) is 26.4 Å². The lowest BCUT2D eigenvalue weighted by Crippen LogP contribution is -2.34. The van der Waals surface area contributed by atoms with Crippen LogP contribution in [0.3, 0.4) is 0 Å². The van der Waals surface area contributed by atoms with Crippen molar-refractivity contribution in [2.24, 2.45) is 0 Å². The minimum Gasteiger partial charge on any atom is -0.383 e. The molecule has 0 fully saturated rings. The molecule has 1 amide bonds. The standard InChI is InChI=1S/C14H20N4O2S/c1-12-4-8-21-13(12)9-17(6-7-20-2)14(19)3-5-18-11-15-10-16-18/h4,8,10-11H,3,5-7,9H2,1-2H3. The summed E-state index contributed by atoms with van der Waals surface area (Å²) in [7, 11) is 1.65. The van der Waals surface area contributed by atoms with Gasteiger partial charge >= 0.3 is 0 Å². The highest BCUT2D eigenvalue weighted by Gasteiger charge is 2.15. The first-order chi connectivity index (χ1) is 10.2. The number of amides is 1. The second-order valence-electron chi connectivity index (χ2n) is 4.74. The van der Waals surface area contributed by atoms with Crippen LogP contribution in [0.2, 0.25) is 0 Å². The van der Waals surface area contributed by atoms with Crippen LogP contribution in [0.25, 0.3) is 0 Å². The van der Waals surface area contributed by atoms with Crippen molar-refractivity contribution in [1.29, 1.82) is 0 Å². The molecule has 0 unspecified atom stereocenters. The number of rotatable bonds is 8. The van der Waals surface area contributed by atoms with Crippen molar-refractivity contribution in [3.05, 3.63) is 34.5 Å². The number of methoxy groups -OCH3 is 1. The second kappa shape index (κ2) is 7.90. The first-order valence-corrected chi connectivity index (χ1v) is 7.70. The topological polar surface area (TPSA) is 60.2 Å². The summed E-state index contributed by atoms with van der Waals surface area (Å²) in [6.45, 7) is 4.40. The third-order valence-electron chi connectivity index (χ3n) is 3.24. The highest BCUT2D eigenvalue weighted by atomic mass is 32.1. The largest absolute Gasteiger partial charge is 0.383 e. The summed E-state index contributed by atoms with van der Waals surface area (Å²) in [4.78, 5) is 19.3. The van der Waals surface area contributed by atoms with Gasteiger partial charge in [0.05, 0.1) is 19.7 Å². The van der Waals surface area contributed by atoms with Crippen molar-refractivity contribution in [3.8, 4) is 0 Å². The van der Waals surface area contributed by atoms with E-state index in [2.05, 4.69) is 28.5 Å². The number of aromatic nitrogens is 3. The molecule has 0 aliphatic carbocycles. The average Bonchev–Trinajstić information content (AvgIpc) is 3.13. The summed E-state index contributed by atoms with van der Waals surface area (Å²) in [5, 5.41) is 6.07. The molecule has 0 spiro atoms. The number of nitrogens with zero attached hydrogens (tertiary/aromatic N) is 4. The minimum atomic E-state index is 0.107. The summed E-state index contributed by atoms with van der Waals surface area (Å²) >= 11 is 1.68. The fourth-order valence-electron chi connectivity index (χ4n) is 1.95. The van der Waals surface area contributed by atoms with E-state index in [1.54, 1.807) is 29.5 Å². The molecule has 0 aromatic carbocycles. The molecule has 114 valence electrons. The Morgan fingerprint density at radius 2 is 2.38 bits per heavy atom. The third kappa shape index (κ3) is 4.64. The normalized spacial score (nSPS) is 10.8. The number of hydrogen-bond donors (Lipinski definition) is 0. The summed E-state index contributed by atoms with van der Waals surface area (Å²) in [6.07, 6.45) is 3.51. The molecule has 2 aromatic heterocycles. The van der Waals surface area contributed by atoms with E-state index in [-0.39, 0.29) is 5.91 Å². The van der Waals surface area contributed by atoms with Crippen LogP contribution in [0, 0.1) is 6.92 Å². The summed E-state index contributed by atoms with van der Waals surface area (Å²) in [6, 6.07) is 2.08. The number of carbonyl (C=O) groups is 1. The zero-order valence-electron chi connectivity index (χ0n) is 12.4. The van der Waals surface area contributed by atoms with Crippen LogP contribution in [0.1, 0.15) is 16.9 Å². The van der Waals surface area contributed by atoms with Crippen LogP contribution in [-0.2, 0) is 22.6 Å². The summed E-state index contributed by atoms with van der Waals surface area (Å²) in [5.41, 5.74) is 1.23. The van der Waals surface area contributed by atoms with Gasteiger partial charge in [-0.2, -0.15) is 5.10 Å². The van der Waals surface area contributed by atoms with E-state index in [4.69, 9.17) is 4.74 Å². The van der Waals surface area contributed by atoms with Crippen molar-refractivity contribution in [1.82, 2.24) is 19.7 Å². The Balaban J connectivity index is 1.94. The van der Waals surface area contributed by atoms with Gasteiger partial charge in [0.2, 0.25) is 5.91 Å². The van der Waals surface area contributed by atoms with E-state index in [1.807, 2.05) is 4.90 Å². The molecule has 2 rings (SSSR count). The number of thiophene rings is 1. The number of carbonyl (C=O) groups excluding carboxylic acids is 1. The lowest BCUT2D eigenvalue weighted by molar-refractivity contribution is -0.132. The Morgan fingerprint density at radius 1 is 1.52 bits per heavy atom. The van der Waals surface area contributed by atoms with Crippen LogP contribution < -0.4 is 0 Å². The van der Waals surface area contributed by atoms with Gasteiger partial charge in [0, 0.05) is 25.0 Å². The molecule has 21 heavy (non-hydrogen) atoms. The fraction of sp³-hybridized carbons (Fsp3) is 0.500. The molecular formula is C14H20N4O2S. The Labute approximate surface area is 128 Å². The lowest BCUT2D eigenvalue weighted by Gasteiger charge is -2.22. The molecule has 6 nitrogen and oxygen atoms in total. The zero-order chi connectivity index (χ0) is 15.1. The Hall–Kier alpha value is -1.73. The van der Waals surface area contributed by atoms with E-state index in [1.165, 1.54) is 16.8 Å². The number of aryl methyl sites for hydroxylation is 2. The molecule has 0 N–H and O–H groups in total. The predicted molar refractivity (Wildman–Crippen MR) is 81.0 cm³/mol. The Morgan fingerprint density at radius 3 is 3.00 bits per heavy atom. The number of ether oxygens (including phenoxy) is 1. The molecule has 2 aromatic rings. The van der Waals surface area contributed by atoms with Crippen molar-refractivity contribution >= 4 is 17.2 Å². The smallest absolute Gasteiger partial charge is 0.224 e. The fourth-order valence-corrected chi connectivity index (χ4v) is 2.87. The van der Waals surface area contributed by atoms with Crippen LogP contribution >= 0.6 is 11.3 Å². The Kier molecular flexibility index (Phi) is 5.89. The van der Waals surface area contributed by atoms with Crippen LogP contribution in [0.15, 0.2) is 24.1 Å². The molecule has 0 radical (unpaired) electrons. The molecule has 0 aliphatic heterocycles. The average molecular weight is 308 g/mol. The molecule has 0 saturated carbocycles. The molecule has 0 atom stereocenters. The van der Waals surface area contributed by atoms with E-state index < -0.39 is 0 Å². The molecular weight excluding hydrogens is 288 g/mol. The van der Waals surface area contributed by atoms with E-state index in [0.717, 1.165) is 0 Å². The van der Waals surface area contributed by atoms with Gasteiger partial charge in [0.15, 0.2) is 0 Å². The van der Waals surface area contributed by atoms with Gasteiger partial charge in [-0.25, -0.2) is 4.98 Å². The van der Waals surface area contributed by atoms with E-state index >= 15 is 0 Å². The van der Waals surface area contributed by atoms with Crippen molar-refractivity contribution in [2.75, 3.05) is 20.3 Å². The molecule has 7 heteroatoms. The maximum Gasteiger partial charge on any atom is 0.224 e. The van der Waals surface area contributed by atoms with Crippen LogP contribution in [0.5, 0.6) is 0 Å². The van der Waals surface area contributed by atoms with Crippen molar-refractivity contribution < 1.29 is 9.53 Å². The second-order valence-corrected chi connectivity index (χ2v) is 5.74. The van der Waals surface area contributed by atoms with Gasteiger partial charge in [-0.05, 0) is 23.9 Å². The van der Waals surface area contributed by atoms with Crippen LogP contribution in [0.4, 0.5) is 0 Å². The first kappa shape index (κ1) is 15.7. The molecule has 0 saturated heterocycles. The quantitative estimate of drug-likeness (QED) is 0.745. The maximum atomic E-state index is 12.4. The monoisotopic (exact) mass is 308 g/mol. The third-order valence-corrected chi connectivity index (χ3v) is 4.25. The van der Waals surface area contributed by atoms with Gasteiger partial charge in [0.25, 0.3) is 0 Å². The molecule has 0 bridgehead atoms. The zero-order valence-corrected chi connectivity index (χ0v) is 13.2. The predicted octanol–water partition coefficient (Wildman–Crippen LogP) is 1.71. The van der Waals surface area contributed by atoms with E-state index in [0.29, 0.717) is 32.7 Å². The summed E-state index contributed by atoms with van der Waals surface area (Å²) in [5.74, 6) is 0.107. The van der Waals surface area contributed by atoms with Crippen molar-refractivity contribution in [3.63, 3.8) is 0 Å². The maximum absolute atomic E-state index is 12.4. The first-order valence-electron chi connectivity index (χ1n) is 6.83. The lowest BCUT2D eigenvalue weighted by atomic mass is 10.2. The van der Waals surface area contributed by atoms with Gasteiger partial charge in [-0.1, -0.05) is 0 Å². The van der Waals surface area contributed by atoms with Gasteiger partial charge < -0.3 is 9.64 Å². The summed E-state index contributed by atoms with van der Waals surface area (Å²) < 4.78 is 6.77. The molecule has 2 heterocycles. The van der Waals surface area contributed by atoms with Gasteiger partial charge in [-0.3, -0.25) is 9.48 Å². The number of hydrogen-bond acceptors (Lipinski definition) is 5. The minimum absolute atomic E-state index is 0.107. The molecule has 0 aliphatic rings. The Bertz CT molecular complexity index is 553. The highest BCUT2D eigenvalue weighted by Crippen LogP contribution is 2.18.